The van der Waals surface area contributed by atoms with Crippen molar-refractivity contribution in [3.8, 4) is 6.07 Å². The molecule has 2 aromatic rings. The molecule has 0 saturated carbocycles. The van der Waals surface area contributed by atoms with Crippen LogP contribution in [0.2, 0.25) is 0 Å². The Morgan fingerprint density at radius 1 is 1.48 bits per heavy atom. The molecule has 1 N–H and O–H groups in total. The molecule has 0 bridgehead atoms. The van der Waals surface area contributed by atoms with Crippen molar-refractivity contribution in [3.05, 3.63) is 30.1 Å². The summed E-state index contributed by atoms with van der Waals surface area (Å²) in [6.45, 7) is 4.32. The Kier molecular flexibility index (Phi) is 3.61. The lowest BCUT2D eigenvalue weighted by Gasteiger charge is -2.29. The van der Waals surface area contributed by atoms with E-state index in [9.17, 15) is 0 Å². The Labute approximate surface area is 124 Å². The van der Waals surface area contributed by atoms with Gasteiger partial charge in [-0.1, -0.05) is 0 Å². The zero-order chi connectivity index (χ0) is 14.8. The van der Waals surface area contributed by atoms with Gasteiger partial charge in [0.15, 0.2) is 0 Å². The fourth-order valence-corrected chi connectivity index (χ4v) is 3.08. The summed E-state index contributed by atoms with van der Waals surface area (Å²) in [5.41, 5.74) is 2.18. The predicted molar refractivity (Wildman–Crippen MR) is 82.9 cm³/mol. The second kappa shape index (κ2) is 5.57. The Bertz CT molecular complexity index is 696. The second-order valence-electron chi connectivity index (χ2n) is 5.60. The molecule has 0 saturated heterocycles. The number of pyridine rings is 1. The van der Waals surface area contributed by atoms with Gasteiger partial charge in [-0.15, -0.1) is 0 Å². The molecule has 0 radical (unpaired) electrons. The number of nitrogens with one attached hydrogen (secondary N) is 1. The first kappa shape index (κ1) is 13.6. The maximum Gasteiger partial charge on any atom is 0.137 e. The van der Waals surface area contributed by atoms with E-state index in [1.54, 1.807) is 0 Å². The molecule has 5 nitrogen and oxygen atoms in total. The third-order valence-electron chi connectivity index (χ3n) is 4.28. The molecule has 3 rings (SSSR count). The van der Waals surface area contributed by atoms with Crippen LogP contribution in [0.25, 0.3) is 11.0 Å². The summed E-state index contributed by atoms with van der Waals surface area (Å²) in [5.74, 6) is 0.260. The van der Waals surface area contributed by atoms with Crippen molar-refractivity contribution >= 4 is 17.2 Å². The van der Waals surface area contributed by atoms with Gasteiger partial charge in [-0.3, -0.25) is 5.01 Å². The molecular weight excluding hydrogens is 262 g/mol. The largest absolute Gasteiger partial charge is 0.346 e. The topological polar surface area (TPSA) is 68.1 Å². The number of fused-ring (bicyclic) bond motifs is 1. The van der Waals surface area contributed by atoms with Crippen molar-refractivity contribution in [2.24, 2.45) is 5.10 Å². The van der Waals surface area contributed by atoms with Gasteiger partial charge in [0, 0.05) is 42.4 Å². The van der Waals surface area contributed by atoms with E-state index in [4.69, 9.17) is 5.26 Å². The number of nitrogens with zero attached hydrogens (tertiary/aromatic N) is 4. The summed E-state index contributed by atoms with van der Waals surface area (Å²) >= 11 is 0. The van der Waals surface area contributed by atoms with Crippen LogP contribution in [0.1, 0.15) is 38.2 Å². The van der Waals surface area contributed by atoms with E-state index in [2.05, 4.69) is 52.1 Å². The predicted octanol–water partition coefficient (Wildman–Crippen LogP) is 3.03. The molecule has 3 unspecified atom stereocenters. The highest BCUT2D eigenvalue weighted by Gasteiger charge is 2.32. The zero-order valence-corrected chi connectivity index (χ0v) is 12.3. The third-order valence-corrected chi connectivity index (χ3v) is 4.28. The van der Waals surface area contributed by atoms with Crippen LogP contribution in [0.15, 0.2) is 29.6 Å². The standard InChI is InChI=1S/C16H19N5/c1-11(4-3-7-17)21-12(2)15(10-20-21)13-5-8-18-16-14(13)6-9-19-16/h5-6,8-12,15H,3-4H2,1-2H3,(H,18,19). The maximum absolute atomic E-state index is 8.73. The smallest absolute Gasteiger partial charge is 0.137 e. The van der Waals surface area contributed by atoms with Crippen LogP contribution in [0.5, 0.6) is 0 Å². The second-order valence-corrected chi connectivity index (χ2v) is 5.60. The molecule has 0 aliphatic carbocycles. The van der Waals surface area contributed by atoms with E-state index in [0.717, 1.165) is 17.5 Å². The minimum atomic E-state index is 0.260. The van der Waals surface area contributed by atoms with E-state index in [1.165, 1.54) is 5.56 Å². The average molecular weight is 281 g/mol. The van der Waals surface area contributed by atoms with Gasteiger partial charge in [-0.25, -0.2) is 4.98 Å². The number of hydrogen-bond acceptors (Lipinski definition) is 4. The molecule has 21 heavy (non-hydrogen) atoms. The number of aromatic amines is 1. The fourth-order valence-electron chi connectivity index (χ4n) is 3.08. The highest BCUT2D eigenvalue weighted by molar-refractivity contribution is 5.85. The molecule has 1 aliphatic rings. The lowest BCUT2D eigenvalue weighted by atomic mass is 9.92. The zero-order valence-electron chi connectivity index (χ0n) is 12.3. The molecule has 2 aromatic heterocycles. The number of hydrazone groups is 1. The fraction of sp³-hybridized carbons (Fsp3) is 0.438. The van der Waals surface area contributed by atoms with E-state index < -0.39 is 0 Å². The van der Waals surface area contributed by atoms with Crippen molar-refractivity contribution in [3.63, 3.8) is 0 Å². The highest BCUT2D eigenvalue weighted by atomic mass is 15.5. The number of hydrogen-bond donors (Lipinski definition) is 1. The van der Waals surface area contributed by atoms with Crippen molar-refractivity contribution < 1.29 is 0 Å². The van der Waals surface area contributed by atoms with Crippen LogP contribution in [-0.2, 0) is 0 Å². The lowest BCUT2D eigenvalue weighted by molar-refractivity contribution is 0.167. The van der Waals surface area contributed by atoms with Gasteiger partial charge in [0.05, 0.1) is 12.1 Å². The lowest BCUT2D eigenvalue weighted by Crippen LogP contribution is -2.35. The van der Waals surface area contributed by atoms with Crippen molar-refractivity contribution in [1.82, 2.24) is 15.0 Å². The van der Waals surface area contributed by atoms with Gasteiger partial charge in [0.1, 0.15) is 5.65 Å². The summed E-state index contributed by atoms with van der Waals surface area (Å²) in [6, 6.07) is 6.93. The SMILES string of the molecule is CC(CCC#N)N1N=CC(c2ccnc3[nH]ccc23)C1C. The number of H-pyrrole nitrogens is 1. The van der Waals surface area contributed by atoms with Crippen LogP contribution in [0.3, 0.4) is 0 Å². The first-order valence-electron chi connectivity index (χ1n) is 7.33. The average Bonchev–Trinajstić information content (AvgIpc) is 3.11. The molecule has 0 amide bonds. The van der Waals surface area contributed by atoms with Crippen molar-refractivity contribution in [2.45, 2.75) is 44.7 Å². The summed E-state index contributed by atoms with van der Waals surface area (Å²) in [6.07, 6.45) is 7.21. The van der Waals surface area contributed by atoms with E-state index >= 15 is 0 Å². The summed E-state index contributed by atoms with van der Waals surface area (Å²) in [7, 11) is 0. The van der Waals surface area contributed by atoms with Crippen molar-refractivity contribution in [1.29, 1.82) is 5.26 Å². The normalized spacial score (nSPS) is 22.6. The Morgan fingerprint density at radius 3 is 3.14 bits per heavy atom. The Balaban J connectivity index is 1.84. The van der Waals surface area contributed by atoms with Gasteiger partial charge < -0.3 is 4.98 Å². The molecule has 3 heterocycles. The number of rotatable bonds is 4. The number of aromatic nitrogens is 2. The van der Waals surface area contributed by atoms with Gasteiger partial charge in [-0.2, -0.15) is 10.4 Å². The minimum Gasteiger partial charge on any atom is -0.346 e. The molecular formula is C16H19N5. The number of nitriles is 1. The molecule has 0 spiro atoms. The summed E-state index contributed by atoms with van der Waals surface area (Å²) < 4.78 is 0. The molecule has 1 aliphatic heterocycles. The van der Waals surface area contributed by atoms with Crippen LogP contribution >= 0.6 is 0 Å². The molecule has 0 fully saturated rings. The molecule has 108 valence electrons. The first-order valence-corrected chi connectivity index (χ1v) is 7.33. The summed E-state index contributed by atoms with van der Waals surface area (Å²) in [4.78, 5) is 7.50. The van der Waals surface area contributed by atoms with E-state index in [0.29, 0.717) is 12.5 Å². The van der Waals surface area contributed by atoms with Crippen LogP contribution in [-0.4, -0.2) is 33.3 Å². The Morgan fingerprint density at radius 2 is 2.33 bits per heavy atom. The quantitative estimate of drug-likeness (QED) is 0.936. The summed E-state index contributed by atoms with van der Waals surface area (Å²) in [5, 5.41) is 16.6. The Hall–Kier alpha value is -2.35. The first-order chi connectivity index (χ1) is 10.2. The van der Waals surface area contributed by atoms with E-state index in [-0.39, 0.29) is 12.0 Å². The van der Waals surface area contributed by atoms with E-state index in [1.807, 2.05) is 18.6 Å². The highest BCUT2D eigenvalue weighted by Crippen LogP contribution is 2.32. The van der Waals surface area contributed by atoms with Crippen LogP contribution in [0.4, 0.5) is 0 Å². The maximum atomic E-state index is 8.73. The molecule has 0 aromatic carbocycles. The van der Waals surface area contributed by atoms with Gasteiger partial charge in [0.2, 0.25) is 0 Å². The van der Waals surface area contributed by atoms with Crippen LogP contribution < -0.4 is 0 Å². The third kappa shape index (κ3) is 2.38. The molecule has 5 heteroatoms. The van der Waals surface area contributed by atoms with Gasteiger partial charge in [-0.05, 0) is 38.0 Å². The minimum absolute atomic E-state index is 0.260. The van der Waals surface area contributed by atoms with Crippen molar-refractivity contribution in [2.75, 3.05) is 0 Å². The van der Waals surface area contributed by atoms with Crippen LogP contribution in [0, 0.1) is 11.3 Å². The van der Waals surface area contributed by atoms with Gasteiger partial charge in [0.25, 0.3) is 0 Å². The molecule has 3 atom stereocenters. The monoisotopic (exact) mass is 281 g/mol. The van der Waals surface area contributed by atoms with Gasteiger partial charge >= 0.3 is 0 Å².